The Morgan fingerprint density at radius 1 is 1.00 bits per heavy atom. The molecule has 27 heavy (non-hydrogen) atoms. The number of hydrogen-bond acceptors (Lipinski definition) is 3. The average Bonchev–Trinajstić information content (AvgIpc) is 3.15. The van der Waals surface area contributed by atoms with Crippen molar-refractivity contribution < 1.29 is 10.2 Å². The second kappa shape index (κ2) is 6.32. The molecule has 0 fully saturated rings. The summed E-state index contributed by atoms with van der Waals surface area (Å²) in [5.41, 5.74) is 7.31. The first-order valence-electron chi connectivity index (χ1n) is 8.85. The lowest BCUT2D eigenvalue weighted by Crippen LogP contribution is -1.89. The van der Waals surface area contributed by atoms with Crippen LogP contribution in [0.5, 0.6) is 11.5 Å². The Morgan fingerprint density at radius 3 is 2.52 bits per heavy atom. The Balaban J connectivity index is 1.96. The normalized spacial score (nSPS) is 11.4. The monoisotopic (exact) mass is 379 g/mol. The third-order valence-electron chi connectivity index (χ3n) is 5.22. The van der Waals surface area contributed by atoms with E-state index >= 15 is 0 Å². The van der Waals surface area contributed by atoms with Gasteiger partial charge in [0.25, 0.3) is 0 Å². The lowest BCUT2D eigenvalue weighted by atomic mass is 9.97. The maximum Gasteiger partial charge on any atom is 0.128 e. The van der Waals surface area contributed by atoms with Crippen LogP contribution in [0.2, 0.25) is 0 Å². The van der Waals surface area contributed by atoms with E-state index in [-0.39, 0.29) is 11.5 Å². The van der Waals surface area contributed by atoms with Crippen molar-refractivity contribution in [3.8, 4) is 33.9 Å². The fourth-order valence-corrected chi connectivity index (χ4v) is 3.83. The molecule has 4 rings (SSSR count). The lowest BCUT2D eigenvalue weighted by molar-refractivity contribution is 0.447. The van der Waals surface area contributed by atoms with E-state index in [4.69, 9.17) is 12.2 Å². The number of aromatic amines is 3. The van der Waals surface area contributed by atoms with E-state index in [0.717, 1.165) is 33.3 Å². The predicted octanol–water partition coefficient (Wildman–Crippen LogP) is 5.48. The second-order valence-corrected chi connectivity index (χ2v) is 7.22. The minimum Gasteiger partial charge on any atom is -0.508 e. The van der Waals surface area contributed by atoms with Crippen LogP contribution in [0, 0.1) is 18.5 Å². The second-order valence-electron chi connectivity index (χ2n) is 6.82. The number of H-pyrrole nitrogens is 3. The molecule has 4 aromatic rings. The Labute approximate surface area is 161 Å². The molecule has 0 atom stereocenters. The fraction of sp³-hybridized carbons (Fsp3) is 0.190. The molecule has 2 aromatic heterocycles. The molecule has 0 spiro atoms. The van der Waals surface area contributed by atoms with Gasteiger partial charge in [-0.1, -0.05) is 25.2 Å². The van der Waals surface area contributed by atoms with Crippen LogP contribution in [0.4, 0.5) is 0 Å². The number of rotatable bonds is 3. The predicted molar refractivity (Wildman–Crippen MR) is 111 cm³/mol. The smallest absolute Gasteiger partial charge is 0.128 e. The van der Waals surface area contributed by atoms with E-state index < -0.39 is 0 Å². The summed E-state index contributed by atoms with van der Waals surface area (Å²) in [5.74, 6) is 0.0974. The molecule has 0 aliphatic rings. The highest BCUT2D eigenvalue weighted by molar-refractivity contribution is 7.71. The number of aromatic hydroxyl groups is 2. The molecule has 0 radical (unpaired) electrons. The first kappa shape index (κ1) is 17.4. The summed E-state index contributed by atoms with van der Waals surface area (Å²) in [6.45, 7) is 6.11. The number of aromatic nitrogens is 3. The number of phenolic OH excluding ortho intramolecular Hbond substituents is 2. The molecular formula is C21H21N3O2S. The summed E-state index contributed by atoms with van der Waals surface area (Å²) in [5, 5.41) is 27.7. The number of aryl methyl sites for hydroxylation is 3. The van der Waals surface area contributed by atoms with Gasteiger partial charge in [-0.15, -0.1) is 0 Å². The van der Waals surface area contributed by atoms with Crippen LogP contribution in [-0.4, -0.2) is 25.4 Å². The van der Waals surface area contributed by atoms with Gasteiger partial charge in [0.2, 0.25) is 0 Å². The summed E-state index contributed by atoms with van der Waals surface area (Å²) in [4.78, 5) is 3.38. The molecule has 0 saturated heterocycles. The molecular weight excluding hydrogens is 358 g/mol. The van der Waals surface area contributed by atoms with Gasteiger partial charge < -0.3 is 15.2 Å². The van der Waals surface area contributed by atoms with Crippen LogP contribution < -0.4 is 0 Å². The van der Waals surface area contributed by atoms with Crippen molar-refractivity contribution in [2.75, 3.05) is 0 Å². The molecule has 0 saturated carbocycles. The Hall–Kier alpha value is -2.99. The van der Waals surface area contributed by atoms with Crippen molar-refractivity contribution in [2.45, 2.75) is 27.2 Å². The van der Waals surface area contributed by atoms with E-state index in [9.17, 15) is 10.2 Å². The lowest BCUT2D eigenvalue weighted by Gasteiger charge is -2.10. The van der Waals surface area contributed by atoms with Crippen molar-refractivity contribution in [3.63, 3.8) is 0 Å². The Morgan fingerprint density at radius 2 is 1.78 bits per heavy atom. The molecule has 2 heterocycles. The minimum absolute atomic E-state index is 0.00551. The number of benzene rings is 2. The summed E-state index contributed by atoms with van der Waals surface area (Å²) >= 11 is 5.52. The van der Waals surface area contributed by atoms with Gasteiger partial charge in [0, 0.05) is 33.8 Å². The molecule has 138 valence electrons. The summed E-state index contributed by atoms with van der Waals surface area (Å²) in [6, 6.07) is 9.36. The summed E-state index contributed by atoms with van der Waals surface area (Å²) in [7, 11) is 0. The zero-order valence-corrected chi connectivity index (χ0v) is 16.2. The number of hydrogen-bond donors (Lipinski definition) is 5. The van der Waals surface area contributed by atoms with E-state index in [2.05, 4.69) is 35.1 Å². The van der Waals surface area contributed by atoms with Gasteiger partial charge in [-0.05, 0) is 55.2 Å². The van der Waals surface area contributed by atoms with Gasteiger partial charge in [-0.2, -0.15) is 0 Å². The van der Waals surface area contributed by atoms with Crippen molar-refractivity contribution in [1.82, 2.24) is 15.2 Å². The SMILES string of the molecule is CCc1cc(-c2[nH][nH]c(=S)c2-c2ccc3[nH]c(C)c(C)c3c2)c(O)cc1O. The molecule has 0 aliphatic heterocycles. The van der Waals surface area contributed by atoms with Crippen LogP contribution >= 0.6 is 12.2 Å². The van der Waals surface area contributed by atoms with Crippen LogP contribution in [0.1, 0.15) is 23.7 Å². The fourth-order valence-electron chi connectivity index (χ4n) is 3.56. The zero-order chi connectivity index (χ0) is 19.3. The largest absolute Gasteiger partial charge is 0.508 e. The number of phenols is 2. The van der Waals surface area contributed by atoms with Gasteiger partial charge in [0.15, 0.2) is 0 Å². The maximum atomic E-state index is 10.4. The molecule has 2 aromatic carbocycles. The van der Waals surface area contributed by atoms with Crippen molar-refractivity contribution in [1.29, 1.82) is 0 Å². The molecule has 6 heteroatoms. The first-order chi connectivity index (χ1) is 12.9. The van der Waals surface area contributed by atoms with E-state index in [1.54, 1.807) is 6.07 Å². The number of fused-ring (bicyclic) bond motifs is 1. The molecule has 0 bridgehead atoms. The van der Waals surface area contributed by atoms with E-state index in [1.807, 2.05) is 19.1 Å². The highest BCUT2D eigenvalue weighted by Gasteiger charge is 2.18. The zero-order valence-electron chi connectivity index (χ0n) is 15.4. The van der Waals surface area contributed by atoms with Crippen LogP contribution in [0.3, 0.4) is 0 Å². The van der Waals surface area contributed by atoms with Crippen LogP contribution in [-0.2, 0) is 6.42 Å². The van der Waals surface area contributed by atoms with Gasteiger partial charge in [-0.3, -0.25) is 10.2 Å². The van der Waals surface area contributed by atoms with Crippen molar-refractivity contribution in [2.24, 2.45) is 0 Å². The van der Waals surface area contributed by atoms with Crippen molar-refractivity contribution >= 4 is 23.1 Å². The number of nitrogens with one attached hydrogen (secondary N) is 3. The quantitative estimate of drug-likeness (QED) is 0.306. The molecule has 0 amide bonds. The van der Waals surface area contributed by atoms with Crippen molar-refractivity contribution in [3.05, 3.63) is 51.8 Å². The third-order valence-corrected chi connectivity index (χ3v) is 5.53. The van der Waals surface area contributed by atoms with Gasteiger partial charge in [-0.25, -0.2) is 0 Å². The molecule has 5 N–H and O–H groups in total. The van der Waals surface area contributed by atoms with E-state index in [1.165, 1.54) is 11.6 Å². The van der Waals surface area contributed by atoms with E-state index in [0.29, 0.717) is 22.3 Å². The van der Waals surface area contributed by atoms with Crippen LogP contribution in [0.25, 0.3) is 33.3 Å². The third kappa shape index (κ3) is 2.73. The Bertz CT molecular complexity index is 1230. The van der Waals surface area contributed by atoms with Gasteiger partial charge in [0.1, 0.15) is 16.1 Å². The molecule has 5 nitrogen and oxygen atoms in total. The Kier molecular flexibility index (Phi) is 4.08. The standard InChI is InChI=1S/C21H21N3O2S/c1-4-12-7-15(18(26)9-17(12)25)20-19(21(27)24-23-20)13-5-6-16-14(8-13)10(2)11(3)22-16/h5-9,22,25-26H,4H2,1-3H3,(H2,23,24,27). The highest BCUT2D eigenvalue weighted by atomic mass is 32.1. The maximum absolute atomic E-state index is 10.4. The average molecular weight is 379 g/mol. The summed E-state index contributed by atoms with van der Waals surface area (Å²) < 4.78 is 0.569. The van der Waals surface area contributed by atoms with Crippen LogP contribution in [0.15, 0.2) is 30.3 Å². The molecule has 0 unspecified atom stereocenters. The van der Waals surface area contributed by atoms with Gasteiger partial charge >= 0.3 is 0 Å². The topological polar surface area (TPSA) is 87.8 Å². The first-order valence-corrected chi connectivity index (χ1v) is 9.26. The highest BCUT2D eigenvalue weighted by Crippen LogP contribution is 2.40. The minimum atomic E-state index is 0.00551. The summed E-state index contributed by atoms with van der Waals surface area (Å²) in [6.07, 6.45) is 0.660. The molecule has 0 aliphatic carbocycles. The van der Waals surface area contributed by atoms with Gasteiger partial charge in [0.05, 0.1) is 5.69 Å².